The van der Waals surface area contributed by atoms with Crippen molar-refractivity contribution >= 4 is 27.5 Å². The molecule has 0 aromatic heterocycles. The van der Waals surface area contributed by atoms with Gasteiger partial charge in [-0.2, -0.15) is 0 Å². The zero-order chi connectivity index (χ0) is 23.3. The van der Waals surface area contributed by atoms with Crippen molar-refractivity contribution in [3.8, 4) is 0 Å². The first-order valence-electron chi connectivity index (χ1n) is 10.9. The molecule has 3 rings (SSSR count). The second kappa shape index (κ2) is 10.3. The Morgan fingerprint density at radius 2 is 1.53 bits per heavy atom. The van der Waals surface area contributed by atoms with Crippen molar-refractivity contribution in [2.45, 2.75) is 51.3 Å². The molecule has 2 aromatic rings. The highest BCUT2D eigenvalue weighted by Gasteiger charge is 2.22. The van der Waals surface area contributed by atoms with Crippen LogP contribution in [0.4, 0.5) is 5.69 Å². The van der Waals surface area contributed by atoms with Gasteiger partial charge in [0.25, 0.3) is 5.91 Å². The third-order valence-electron chi connectivity index (χ3n) is 5.72. The van der Waals surface area contributed by atoms with Gasteiger partial charge in [-0.25, -0.2) is 13.1 Å². The van der Waals surface area contributed by atoms with E-state index in [1.807, 2.05) is 19.1 Å². The molecule has 0 radical (unpaired) electrons. The number of hydrogen-bond donors (Lipinski definition) is 3. The van der Waals surface area contributed by atoms with Crippen LogP contribution in [0.5, 0.6) is 0 Å². The fraction of sp³-hybridized carbons (Fsp3) is 0.417. The van der Waals surface area contributed by atoms with E-state index < -0.39 is 10.0 Å². The van der Waals surface area contributed by atoms with Crippen LogP contribution in [0.1, 0.15) is 52.7 Å². The molecule has 0 saturated heterocycles. The Kier molecular flexibility index (Phi) is 7.69. The summed E-state index contributed by atoms with van der Waals surface area (Å²) in [5, 5.41) is 5.61. The molecule has 8 heteroatoms. The van der Waals surface area contributed by atoms with Gasteiger partial charge in [0.2, 0.25) is 15.9 Å². The summed E-state index contributed by atoms with van der Waals surface area (Å²) in [6.45, 7) is 5.71. The van der Waals surface area contributed by atoms with Gasteiger partial charge in [0.05, 0.1) is 4.90 Å². The van der Waals surface area contributed by atoms with Crippen LogP contribution in [0.25, 0.3) is 0 Å². The van der Waals surface area contributed by atoms with Gasteiger partial charge in [-0.3, -0.25) is 9.59 Å². The molecule has 0 atom stereocenters. The third-order valence-corrected chi connectivity index (χ3v) is 7.48. The highest BCUT2D eigenvalue weighted by molar-refractivity contribution is 7.89. The van der Waals surface area contributed by atoms with E-state index in [4.69, 9.17) is 0 Å². The molecule has 172 valence electrons. The Balaban J connectivity index is 1.49. The Morgan fingerprint density at radius 3 is 2.12 bits per heavy atom. The Morgan fingerprint density at radius 1 is 0.938 bits per heavy atom. The summed E-state index contributed by atoms with van der Waals surface area (Å²) in [6.07, 6.45) is 4.05. The number of sulfonamides is 1. The van der Waals surface area contributed by atoms with Crippen LogP contribution in [-0.4, -0.2) is 33.3 Å². The first-order chi connectivity index (χ1) is 15.2. The van der Waals surface area contributed by atoms with Crippen LogP contribution < -0.4 is 15.4 Å². The lowest BCUT2D eigenvalue weighted by molar-refractivity contribution is -0.119. The third kappa shape index (κ3) is 5.95. The predicted octanol–water partition coefficient (Wildman–Crippen LogP) is 3.45. The average Bonchev–Trinajstić information content (AvgIpc) is 3.25. The minimum absolute atomic E-state index is 0.0334. The number of benzene rings is 2. The molecular formula is C24H31N3O4S. The van der Waals surface area contributed by atoms with Gasteiger partial charge < -0.3 is 10.6 Å². The van der Waals surface area contributed by atoms with Crippen molar-refractivity contribution in [1.29, 1.82) is 0 Å². The molecule has 0 heterocycles. The SMILES string of the molecule is Cc1cc(C)c(S(=O)(=O)NCCNC(=O)c2ccc(NC(=O)C3CCCC3)cc2)c(C)c1. The summed E-state index contributed by atoms with van der Waals surface area (Å²) in [6, 6.07) is 10.4. The molecule has 1 aliphatic rings. The van der Waals surface area contributed by atoms with Crippen LogP contribution in [-0.2, 0) is 14.8 Å². The maximum Gasteiger partial charge on any atom is 0.251 e. The maximum atomic E-state index is 12.7. The van der Waals surface area contributed by atoms with E-state index in [1.54, 1.807) is 38.1 Å². The second-order valence-corrected chi connectivity index (χ2v) is 10.1. The average molecular weight is 458 g/mol. The van der Waals surface area contributed by atoms with Crippen molar-refractivity contribution in [3.05, 3.63) is 58.7 Å². The van der Waals surface area contributed by atoms with E-state index in [2.05, 4.69) is 15.4 Å². The molecule has 0 unspecified atom stereocenters. The van der Waals surface area contributed by atoms with Crippen LogP contribution in [0.2, 0.25) is 0 Å². The predicted molar refractivity (Wildman–Crippen MR) is 125 cm³/mol. The summed E-state index contributed by atoms with van der Waals surface area (Å²) in [7, 11) is -3.67. The molecule has 0 aliphatic heterocycles. The zero-order valence-corrected chi connectivity index (χ0v) is 19.6. The van der Waals surface area contributed by atoms with Crippen molar-refractivity contribution in [2.75, 3.05) is 18.4 Å². The van der Waals surface area contributed by atoms with Gasteiger partial charge in [0.15, 0.2) is 0 Å². The van der Waals surface area contributed by atoms with Gasteiger partial charge in [0, 0.05) is 30.3 Å². The van der Waals surface area contributed by atoms with Crippen molar-refractivity contribution in [3.63, 3.8) is 0 Å². The molecule has 0 spiro atoms. The standard InChI is InChI=1S/C24H31N3O4S/c1-16-14-17(2)22(18(3)15-16)32(30,31)26-13-12-25-23(28)20-8-10-21(11-9-20)27-24(29)19-6-4-5-7-19/h8-11,14-15,19,26H,4-7,12-13H2,1-3H3,(H,25,28)(H,27,29). The van der Waals surface area contributed by atoms with E-state index in [-0.39, 0.29) is 35.7 Å². The molecule has 7 nitrogen and oxygen atoms in total. The molecule has 2 aromatic carbocycles. The van der Waals surface area contributed by atoms with Crippen LogP contribution in [0.15, 0.2) is 41.3 Å². The van der Waals surface area contributed by atoms with Crippen molar-refractivity contribution in [1.82, 2.24) is 10.0 Å². The first-order valence-corrected chi connectivity index (χ1v) is 12.4. The number of aryl methyl sites for hydroxylation is 3. The van der Waals surface area contributed by atoms with E-state index in [0.717, 1.165) is 31.2 Å². The van der Waals surface area contributed by atoms with E-state index in [1.165, 1.54) is 0 Å². The van der Waals surface area contributed by atoms with Gasteiger partial charge in [-0.1, -0.05) is 30.5 Å². The second-order valence-electron chi connectivity index (χ2n) is 8.43. The normalized spacial score (nSPS) is 14.3. The number of amides is 2. The lowest BCUT2D eigenvalue weighted by Gasteiger charge is -2.13. The minimum Gasteiger partial charge on any atom is -0.351 e. The van der Waals surface area contributed by atoms with Crippen LogP contribution in [0.3, 0.4) is 0 Å². The summed E-state index contributed by atoms with van der Waals surface area (Å²) in [5.41, 5.74) is 3.50. The molecule has 1 saturated carbocycles. The van der Waals surface area contributed by atoms with Crippen molar-refractivity contribution < 1.29 is 18.0 Å². The quantitative estimate of drug-likeness (QED) is 0.528. The highest BCUT2D eigenvalue weighted by atomic mass is 32.2. The first kappa shape index (κ1) is 23.9. The van der Waals surface area contributed by atoms with E-state index in [9.17, 15) is 18.0 Å². The Labute approximate surface area is 190 Å². The number of rotatable bonds is 8. The lowest BCUT2D eigenvalue weighted by Crippen LogP contribution is -2.35. The molecule has 1 fully saturated rings. The van der Waals surface area contributed by atoms with Gasteiger partial charge in [0.1, 0.15) is 0 Å². The maximum absolute atomic E-state index is 12.7. The largest absolute Gasteiger partial charge is 0.351 e. The molecule has 2 amide bonds. The van der Waals surface area contributed by atoms with Crippen molar-refractivity contribution in [2.24, 2.45) is 5.92 Å². The van der Waals surface area contributed by atoms with Crippen LogP contribution in [0, 0.1) is 26.7 Å². The fourth-order valence-electron chi connectivity index (χ4n) is 4.26. The summed E-state index contributed by atoms with van der Waals surface area (Å²) in [4.78, 5) is 24.8. The molecule has 3 N–H and O–H groups in total. The Hall–Kier alpha value is -2.71. The molecular weight excluding hydrogens is 426 g/mol. The zero-order valence-electron chi connectivity index (χ0n) is 18.8. The number of anilines is 1. The monoisotopic (exact) mass is 457 g/mol. The smallest absolute Gasteiger partial charge is 0.251 e. The van der Waals surface area contributed by atoms with Gasteiger partial charge in [-0.15, -0.1) is 0 Å². The van der Waals surface area contributed by atoms with Crippen LogP contribution >= 0.6 is 0 Å². The number of carbonyl (C=O) groups is 2. The number of hydrogen-bond acceptors (Lipinski definition) is 4. The highest BCUT2D eigenvalue weighted by Crippen LogP contribution is 2.26. The minimum atomic E-state index is -3.67. The molecule has 1 aliphatic carbocycles. The van der Waals surface area contributed by atoms with Gasteiger partial charge >= 0.3 is 0 Å². The van der Waals surface area contributed by atoms with E-state index >= 15 is 0 Å². The number of carbonyl (C=O) groups excluding carboxylic acids is 2. The molecule has 32 heavy (non-hydrogen) atoms. The Bertz CT molecular complexity index is 1070. The fourth-order valence-corrected chi connectivity index (χ4v) is 5.74. The summed E-state index contributed by atoms with van der Waals surface area (Å²) < 4.78 is 27.9. The summed E-state index contributed by atoms with van der Waals surface area (Å²) >= 11 is 0. The lowest BCUT2D eigenvalue weighted by atomic mass is 10.1. The number of nitrogens with one attached hydrogen (secondary N) is 3. The summed E-state index contributed by atoms with van der Waals surface area (Å²) in [5.74, 6) is -0.194. The van der Waals surface area contributed by atoms with E-state index in [0.29, 0.717) is 22.4 Å². The molecule has 0 bridgehead atoms. The topological polar surface area (TPSA) is 104 Å². The van der Waals surface area contributed by atoms with Gasteiger partial charge in [-0.05, 0) is 69.0 Å².